The summed E-state index contributed by atoms with van der Waals surface area (Å²) in [6.07, 6.45) is 3.70. The van der Waals surface area contributed by atoms with Gasteiger partial charge in [-0.1, -0.05) is 36.0 Å². The van der Waals surface area contributed by atoms with Crippen molar-refractivity contribution in [2.45, 2.75) is 30.6 Å². The average Bonchev–Trinajstić information content (AvgIpc) is 2.98. The summed E-state index contributed by atoms with van der Waals surface area (Å²) in [4.78, 5) is 12.8. The minimum atomic E-state index is -3.69. The van der Waals surface area contributed by atoms with Crippen molar-refractivity contribution in [2.24, 2.45) is 0 Å². The Hall–Kier alpha value is -1.80. The number of hydrogen-bond acceptors (Lipinski definition) is 4. The second-order valence-corrected chi connectivity index (χ2v) is 9.52. The van der Waals surface area contributed by atoms with Gasteiger partial charge in [-0.05, 0) is 49.2 Å². The molecule has 2 aromatic rings. The largest absolute Gasteiger partial charge is 0.495 e. The third kappa shape index (κ3) is 5.04. The molecule has 0 bridgehead atoms. The van der Waals surface area contributed by atoms with Crippen molar-refractivity contribution in [2.75, 3.05) is 25.5 Å². The molecule has 1 heterocycles. The van der Waals surface area contributed by atoms with Gasteiger partial charge in [-0.3, -0.25) is 4.79 Å². The molecule has 0 unspecified atom stereocenters. The molecule has 1 saturated heterocycles. The molecule has 1 amide bonds. The SMILES string of the molecule is COc1ccc(NC(=O)c2cc(S(=O)(=O)N3CCCCCC3)ccc2Cl)cc1Cl. The van der Waals surface area contributed by atoms with Crippen LogP contribution in [-0.2, 0) is 10.0 Å². The number of benzene rings is 2. The number of rotatable bonds is 5. The van der Waals surface area contributed by atoms with Crippen LogP contribution in [0.1, 0.15) is 36.0 Å². The lowest BCUT2D eigenvalue weighted by atomic mass is 10.2. The lowest BCUT2D eigenvalue weighted by molar-refractivity contribution is 0.102. The van der Waals surface area contributed by atoms with Gasteiger partial charge in [-0.25, -0.2) is 8.42 Å². The fourth-order valence-corrected chi connectivity index (χ4v) is 5.22. The number of anilines is 1. The van der Waals surface area contributed by atoms with Crippen molar-refractivity contribution in [3.63, 3.8) is 0 Å². The number of sulfonamides is 1. The molecule has 29 heavy (non-hydrogen) atoms. The summed E-state index contributed by atoms with van der Waals surface area (Å²) in [5.41, 5.74) is 0.521. The quantitative estimate of drug-likeness (QED) is 0.699. The molecule has 1 aliphatic heterocycles. The predicted molar refractivity (Wildman–Crippen MR) is 115 cm³/mol. The van der Waals surface area contributed by atoms with E-state index in [0.717, 1.165) is 25.7 Å². The first-order chi connectivity index (χ1) is 13.8. The van der Waals surface area contributed by atoms with Crippen molar-refractivity contribution in [1.82, 2.24) is 4.31 Å². The normalized spacial score (nSPS) is 15.6. The van der Waals surface area contributed by atoms with Gasteiger partial charge in [-0.2, -0.15) is 4.31 Å². The first-order valence-corrected chi connectivity index (χ1v) is 11.5. The van der Waals surface area contributed by atoms with Gasteiger partial charge < -0.3 is 10.1 Å². The Labute approximate surface area is 180 Å². The Morgan fingerprint density at radius 1 is 1.00 bits per heavy atom. The number of hydrogen-bond donors (Lipinski definition) is 1. The maximum atomic E-state index is 13.0. The van der Waals surface area contributed by atoms with Gasteiger partial charge in [0.05, 0.1) is 27.6 Å². The summed E-state index contributed by atoms with van der Waals surface area (Å²) >= 11 is 12.3. The lowest BCUT2D eigenvalue weighted by Crippen LogP contribution is -2.32. The van der Waals surface area contributed by atoms with Crippen LogP contribution in [-0.4, -0.2) is 38.8 Å². The molecule has 2 aromatic carbocycles. The number of nitrogens with one attached hydrogen (secondary N) is 1. The van der Waals surface area contributed by atoms with Crippen LogP contribution < -0.4 is 10.1 Å². The predicted octanol–water partition coefficient (Wildman–Crippen LogP) is 4.82. The zero-order chi connectivity index (χ0) is 21.0. The molecule has 1 aliphatic rings. The van der Waals surface area contributed by atoms with E-state index in [2.05, 4.69) is 5.32 Å². The number of carbonyl (C=O) groups excluding carboxylic acids is 1. The van der Waals surface area contributed by atoms with E-state index in [1.165, 1.54) is 29.6 Å². The minimum absolute atomic E-state index is 0.0571. The van der Waals surface area contributed by atoms with Gasteiger partial charge in [0, 0.05) is 18.8 Å². The van der Waals surface area contributed by atoms with Gasteiger partial charge in [0.2, 0.25) is 10.0 Å². The van der Waals surface area contributed by atoms with E-state index in [-0.39, 0.29) is 15.5 Å². The molecular formula is C20H22Cl2N2O4S. The van der Waals surface area contributed by atoms with Crippen molar-refractivity contribution in [3.05, 3.63) is 52.0 Å². The molecule has 1 N–H and O–H groups in total. The summed E-state index contributed by atoms with van der Waals surface area (Å²) in [5, 5.41) is 3.19. The highest BCUT2D eigenvalue weighted by Crippen LogP contribution is 2.29. The smallest absolute Gasteiger partial charge is 0.257 e. The van der Waals surface area contributed by atoms with Gasteiger partial charge >= 0.3 is 0 Å². The van der Waals surface area contributed by atoms with E-state index in [1.807, 2.05) is 0 Å². The highest BCUT2D eigenvalue weighted by Gasteiger charge is 2.26. The monoisotopic (exact) mass is 456 g/mol. The molecule has 156 valence electrons. The van der Waals surface area contributed by atoms with E-state index < -0.39 is 15.9 Å². The number of carbonyl (C=O) groups is 1. The van der Waals surface area contributed by atoms with Crippen LogP contribution in [0.5, 0.6) is 5.75 Å². The Morgan fingerprint density at radius 3 is 2.31 bits per heavy atom. The van der Waals surface area contributed by atoms with Crippen molar-refractivity contribution in [1.29, 1.82) is 0 Å². The maximum Gasteiger partial charge on any atom is 0.257 e. The van der Waals surface area contributed by atoms with Crippen molar-refractivity contribution < 1.29 is 17.9 Å². The topological polar surface area (TPSA) is 75.7 Å². The zero-order valence-corrected chi connectivity index (χ0v) is 18.3. The Kier molecular flexibility index (Phi) is 7.05. The lowest BCUT2D eigenvalue weighted by Gasteiger charge is -2.20. The molecule has 0 spiro atoms. The molecule has 0 aromatic heterocycles. The number of halogens is 2. The molecular weight excluding hydrogens is 435 g/mol. The fraction of sp³-hybridized carbons (Fsp3) is 0.350. The van der Waals surface area contributed by atoms with Crippen LogP contribution in [0.2, 0.25) is 10.0 Å². The van der Waals surface area contributed by atoms with E-state index in [4.69, 9.17) is 27.9 Å². The Morgan fingerprint density at radius 2 is 1.69 bits per heavy atom. The molecule has 0 saturated carbocycles. The van der Waals surface area contributed by atoms with E-state index in [9.17, 15) is 13.2 Å². The molecule has 0 aliphatic carbocycles. The molecule has 3 rings (SSSR count). The number of methoxy groups -OCH3 is 1. The minimum Gasteiger partial charge on any atom is -0.495 e. The summed E-state index contributed by atoms with van der Waals surface area (Å²) in [6, 6.07) is 8.99. The number of amides is 1. The number of ether oxygens (including phenoxy) is 1. The Balaban J connectivity index is 1.86. The first-order valence-electron chi connectivity index (χ1n) is 9.27. The standard InChI is InChI=1S/C20H22Cl2N2O4S/c1-28-19-9-6-14(12-18(19)22)23-20(25)16-13-15(7-8-17(16)21)29(26,27)24-10-4-2-3-5-11-24/h6-9,12-13H,2-5,10-11H2,1H3,(H,23,25). The third-order valence-corrected chi connectivity index (χ3v) is 7.31. The molecule has 9 heteroatoms. The van der Waals surface area contributed by atoms with Crippen molar-refractivity contribution in [3.8, 4) is 5.75 Å². The molecule has 6 nitrogen and oxygen atoms in total. The Bertz CT molecular complexity index is 1000. The van der Waals surface area contributed by atoms with Crippen LogP contribution in [0.4, 0.5) is 5.69 Å². The molecule has 0 radical (unpaired) electrons. The fourth-order valence-electron chi connectivity index (χ4n) is 3.21. The van der Waals surface area contributed by atoms with Crippen molar-refractivity contribution >= 4 is 44.8 Å². The second-order valence-electron chi connectivity index (χ2n) is 6.76. The van der Waals surface area contributed by atoms with Crippen LogP contribution in [0.15, 0.2) is 41.3 Å². The molecule has 1 fully saturated rings. The van der Waals surface area contributed by atoms with E-state index in [0.29, 0.717) is 29.5 Å². The van der Waals surface area contributed by atoms with Crippen LogP contribution in [0.25, 0.3) is 0 Å². The third-order valence-electron chi connectivity index (χ3n) is 4.79. The highest BCUT2D eigenvalue weighted by molar-refractivity contribution is 7.89. The van der Waals surface area contributed by atoms with Gasteiger partial charge in [0.15, 0.2) is 0 Å². The highest BCUT2D eigenvalue weighted by atomic mass is 35.5. The maximum absolute atomic E-state index is 13.0. The zero-order valence-electron chi connectivity index (χ0n) is 16.0. The van der Waals surface area contributed by atoms with E-state index in [1.54, 1.807) is 18.2 Å². The first kappa shape index (κ1) is 21.9. The summed E-state index contributed by atoms with van der Waals surface area (Å²) < 4.78 is 32.6. The van der Waals surface area contributed by atoms with Gasteiger partial charge in [0.1, 0.15) is 5.75 Å². The van der Waals surface area contributed by atoms with Crippen LogP contribution in [0, 0.1) is 0 Å². The second kappa shape index (κ2) is 9.34. The number of nitrogens with zero attached hydrogens (tertiary/aromatic N) is 1. The molecule has 0 atom stereocenters. The van der Waals surface area contributed by atoms with Crippen LogP contribution >= 0.6 is 23.2 Å². The summed E-state index contributed by atoms with van der Waals surface area (Å²) in [7, 11) is -2.19. The average molecular weight is 457 g/mol. The van der Waals surface area contributed by atoms with Gasteiger partial charge in [-0.15, -0.1) is 0 Å². The van der Waals surface area contributed by atoms with E-state index >= 15 is 0 Å². The van der Waals surface area contributed by atoms with Gasteiger partial charge in [0.25, 0.3) is 5.91 Å². The summed E-state index contributed by atoms with van der Waals surface area (Å²) in [6.45, 7) is 0.966. The summed E-state index contributed by atoms with van der Waals surface area (Å²) in [5.74, 6) is -0.0441. The van der Waals surface area contributed by atoms with Crippen LogP contribution in [0.3, 0.4) is 0 Å².